The molecule has 6 heteroatoms. The van der Waals surface area contributed by atoms with Crippen molar-refractivity contribution in [3.8, 4) is 0 Å². The Morgan fingerprint density at radius 2 is 2.39 bits per heavy atom. The monoisotopic (exact) mass is 270 g/mol. The summed E-state index contributed by atoms with van der Waals surface area (Å²) >= 11 is 1.78. The molecule has 0 spiro atoms. The molecular weight excluding hydrogens is 248 g/mol. The molecule has 5 nitrogen and oxygen atoms in total. The van der Waals surface area contributed by atoms with Crippen LogP contribution in [-0.4, -0.2) is 58.8 Å². The molecule has 102 valence electrons. The molecule has 0 unspecified atom stereocenters. The first-order valence-corrected chi connectivity index (χ1v) is 7.50. The first-order chi connectivity index (χ1) is 8.79. The minimum absolute atomic E-state index is 0.704. The number of likely N-dealkylation sites (tertiary alicyclic amines) is 1. The van der Waals surface area contributed by atoms with Crippen molar-refractivity contribution in [3.05, 3.63) is 6.33 Å². The van der Waals surface area contributed by atoms with Crippen LogP contribution < -0.4 is 0 Å². The van der Waals surface area contributed by atoms with Crippen LogP contribution in [0.3, 0.4) is 0 Å². The molecule has 18 heavy (non-hydrogen) atoms. The molecule has 1 aromatic rings. The highest BCUT2D eigenvalue weighted by atomic mass is 32.2. The summed E-state index contributed by atoms with van der Waals surface area (Å²) in [5.74, 6) is 1.94. The van der Waals surface area contributed by atoms with Crippen LogP contribution >= 0.6 is 11.8 Å². The molecule has 2 heterocycles. The van der Waals surface area contributed by atoms with Crippen molar-refractivity contribution in [1.82, 2.24) is 19.7 Å². The molecule has 0 amide bonds. The lowest BCUT2D eigenvalue weighted by molar-refractivity contribution is 0.184. The van der Waals surface area contributed by atoms with Gasteiger partial charge in [-0.1, -0.05) is 18.7 Å². The molecule has 1 aliphatic rings. The van der Waals surface area contributed by atoms with E-state index in [4.69, 9.17) is 4.74 Å². The van der Waals surface area contributed by atoms with Gasteiger partial charge in [0.1, 0.15) is 6.33 Å². The summed E-state index contributed by atoms with van der Waals surface area (Å²) in [4.78, 5) is 2.54. The Bertz CT molecular complexity index is 358. The summed E-state index contributed by atoms with van der Waals surface area (Å²) in [5, 5.41) is 9.11. The van der Waals surface area contributed by atoms with Gasteiger partial charge >= 0.3 is 0 Å². The van der Waals surface area contributed by atoms with Gasteiger partial charge in [0, 0.05) is 32.5 Å². The molecule has 0 N–H and O–H groups in total. The highest BCUT2D eigenvalue weighted by molar-refractivity contribution is 7.99. The summed E-state index contributed by atoms with van der Waals surface area (Å²) in [6.45, 7) is 7.50. The van der Waals surface area contributed by atoms with Crippen molar-refractivity contribution in [1.29, 1.82) is 0 Å². The van der Waals surface area contributed by atoms with Crippen molar-refractivity contribution >= 4 is 11.8 Å². The number of aromatic nitrogens is 3. The normalized spacial score (nSPS) is 20.7. The van der Waals surface area contributed by atoms with Gasteiger partial charge in [0.15, 0.2) is 5.16 Å². The van der Waals surface area contributed by atoms with E-state index >= 15 is 0 Å². The number of hydrogen-bond acceptors (Lipinski definition) is 5. The zero-order valence-corrected chi connectivity index (χ0v) is 12.0. The lowest BCUT2D eigenvalue weighted by Crippen LogP contribution is -2.23. The Balaban J connectivity index is 1.71. The third-order valence-electron chi connectivity index (χ3n) is 3.26. The predicted octanol–water partition coefficient (Wildman–Crippen LogP) is 1.36. The summed E-state index contributed by atoms with van der Waals surface area (Å²) < 4.78 is 7.13. The molecule has 1 atom stereocenters. The molecule has 1 aromatic heterocycles. The molecule has 1 aliphatic heterocycles. The first kappa shape index (κ1) is 13.8. The number of ether oxygens (including phenoxy) is 1. The van der Waals surface area contributed by atoms with E-state index in [0.29, 0.717) is 6.61 Å². The van der Waals surface area contributed by atoms with Crippen molar-refractivity contribution in [3.63, 3.8) is 0 Å². The van der Waals surface area contributed by atoms with Crippen LogP contribution in [0.1, 0.15) is 13.3 Å². The maximum absolute atomic E-state index is 5.07. The van der Waals surface area contributed by atoms with Crippen molar-refractivity contribution < 1.29 is 4.74 Å². The molecule has 1 fully saturated rings. The molecule has 2 rings (SSSR count). The van der Waals surface area contributed by atoms with Gasteiger partial charge < -0.3 is 14.2 Å². The number of hydrogen-bond donors (Lipinski definition) is 0. The standard InChI is InChI=1S/C12H22N4OS/c1-11-3-4-15(9-11)6-8-18-12-14-13-10-16(12)5-7-17-2/h10-11H,3-9H2,1-2H3/t11-/m0/s1. The Morgan fingerprint density at radius 1 is 1.50 bits per heavy atom. The summed E-state index contributed by atoms with van der Waals surface area (Å²) in [5.41, 5.74) is 0. The fourth-order valence-electron chi connectivity index (χ4n) is 2.19. The highest BCUT2D eigenvalue weighted by Gasteiger charge is 2.18. The Kier molecular flexibility index (Phi) is 5.46. The molecule has 0 aromatic carbocycles. The zero-order valence-electron chi connectivity index (χ0n) is 11.2. The quantitative estimate of drug-likeness (QED) is 0.700. The van der Waals surface area contributed by atoms with Crippen LogP contribution in [0.2, 0.25) is 0 Å². The van der Waals surface area contributed by atoms with Gasteiger partial charge in [0.2, 0.25) is 0 Å². The zero-order chi connectivity index (χ0) is 12.8. The smallest absolute Gasteiger partial charge is 0.191 e. The van der Waals surface area contributed by atoms with Crippen LogP contribution in [0.4, 0.5) is 0 Å². The highest BCUT2D eigenvalue weighted by Crippen LogP contribution is 2.18. The lowest BCUT2D eigenvalue weighted by Gasteiger charge is -2.14. The molecule has 0 aliphatic carbocycles. The molecule has 0 bridgehead atoms. The molecule has 1 saturated heterocycles. The minimum Gasteiger partial charge on any atom is -0.383 e. The Morgan fingerprint density at radius 3 is 3.11 bits per heavy atom. The SMILES string of the molecule is COCCn1cnnc1SCCN1CC[C@H](C)C1. The van der Waals surface area contributed by atoms with Crippen LogP contribution in [0.5, 0.6) is 0 Å². The van der Waals surface area contributed by atoms with Gasteiger partial charge in [0.05, 0.1) is 6.61 Å². The summed E-state index contributed by atoms with van der Waals surface area (Å²) in [7, 11) is 1.71. The predicted molar refractivity (Wildman–Crippen MR) is 72.8 cm³/mol. The first-order valence-electron chi connectivity index (χ1n) is 6.51. The van der Waals surface area contributed by atoms with Crippen LogP contribution in [0.25, 0.3) is 0 Å². The number of rotatable bonds is 7. The van der Waals surface area contributed by atoms with E-state index in [0.717, 1.165) is 29.9 Å². The van der Waals surface area contributed by atoms with E-state index in [1.54, 1.807) is 25.2 Å². The van der Waals surface area contributed by atoms with E-state index in [2.05, 4.69) is 26.6 Å². The summed E-state index contributed by atoms with van der Waals surface area (Å²) in [6, 6.07) is 0. The molecule has 0 saturated carbocycles. The van der Waals surface area contributed by atoms with E-state index in [9.17, 15) is 0 Å². The second kappa shape index (κ2) is 7.11. The van der Waals surface area contributed by atoms with Gasteiger partial charge in [-0.2, -0.15) is 0 Å². The fourth-order valence-corrected chi connectivity index (χ4v) is 3.14. The maximum atomic E-state index is 5.07. The third kappa shape index (κ3) is 3.96. The van der Waals surface area contributed by atoms with Gasteiger partial charge in [0.25, 0.3) is 0 Å². The number of thioether (sulfide) groups is 1. The fraction of sp³-hybridized carbons (Fsp3) is 0.833. The van der Waals surface area contributed by atoms with Crippen LogP contribution in [0.15, 0.2) is 11.5 Å². The lowest BCUT2D eigenvalue weighted by atomic mass is 10.2. The topological polar surface area (TPSA) is 43.2 Å². The molecule has 0 radical (unpaired) electrons. The minimum atomic E-state index is 0.704. The average Bonchev–Trinajstić information content (AvgIpc) is 2.96. The molecular formula is C12H22N4OS. The van der Waals surface area contributed by atoms with Crippen molar-refractivity contribution in [2.24, 2.45) is 5.92 Å². The Hall–Kier alpha value is -0.590. The van der Waals surface area contributed by atoms with E-state index in [1.165, 1.54) is 19.5 Å². The van der Waals surface area contributed by atoms with Crippen molar-refractivity contribution in [2.75, 3.05) is 39.1 Å². The van der Waals surface area contributed by atoms with Gasteiger partial charge in [-0.25, -0.2) is 0 Å². The second-order valence-corrected chi connectivity index (χ2v) is 5.90. The van der Waals surface area contributed by atoms with Gasteiger partial charge in [-0.3, -0.25) is 0 Å². The average molecular weight is 270 g/mol. The van der Waals surface area contributed by atoms with Gasteiger partial charge in [-0.05, 0) is 18.9 Å². The van der Waals surface area contributed by atoms with E-state index in [-0.39, 0.29) is 0 Å². The Labute approximate surface area is 113 Å². The number of nitrogens with zero attached hydrogens (tertiary/aromatic N) is 4. The van der Waals surface area contributed by atoms with E-state index < -0.39 is 0 Å². The van der Waals surface area contributed by atoms with Crippen LogP contribution in [-0.2, 0) is 11.3 Å². The maximum Gasteiger partial charge on any atom is 0.191 e. The summed E-state index contributed by atoms with van der Waals surface area (Å²) in [6.07, 6.45) is 3.12. The second-order valence-electron chi connectivity index (χ2n) is 4.84. The van der Waals surface area contributed by atoms with E-state index in [1.807, 2.05) is 0 Å². The van der Waals surface area contributed by atoms with Crippen LogP contribution in [0, 0.1) is 5.92 Å². The third-order valence-corrected chi connectivity index (χ3v) is 4.22. The van der Waals surface area contributed by atoms with Gasteiger partial charge in [-0.15, -0.1) is 10.2 Å². The van der Waals surface area contributed by atoms with Crippen molar-refractivity contribution in [2.45, 2.75) is 25.0 Å². The largest absolute Gasteiger partial charge is 0.383 e. The number of methoxy groups -OCH3 is 1.